The van der Waals surface area contributed by atoms with Gasteiger partial charge in [-0.2, -0.15) is 5.10 Å². The Balaban J connectivity index is 1.60. The van der Waals surface area contributed by atoms with Crippen molar-refractivity contribution in [2.45, 2.75) is 42.3 Å². The second-order valence-electron chi connectivity index (χ2n) is 7.52. The van der Waals surface area contributed by atoms with E-state index in [0.29, 0.717) is 19.3 Å². The van der Waals surface area contributed by atoms with E-state index < -0.39 is 32.9 Å². The molecular formula is C20H21ClFN5O4S. The molecule has 9 nitrogen and oxygen atoms in total. The zero-order valence-corrected chi connectivity index (χ0v) is 18.6. The van der Waals surface area contributed by atoms with Crippen LogP contribution in [-0.2, 0) is 17.1 Å². The Hall–Kier alpha value is -2.76. The molecule has 2 aromatic heterocycles. The van der Waals surface area contributed by atoms with Crippen LogP contribution in [-0.4, -0.2) is 45.5 Å². The number of aromatic nitrogens is 4. The number of aryl methyl sites for hydroxylation is 1. The molecule has 1 aromatic carbocycles. The Labute approximate surface area is 189 Å². The van der Waals surface area contributed by atoms with Crippen LogP contribution in [0.4, 0.5) is 10.2 Å². The van der Waals surface area contributed by atoms with Gasteiger partial charge in [-0.05, 0) is 37.5 Å². The lowest BCUT2D eigenvalue weighted by molar-refractivity contribution is 0.0462. The van der Waals surface area contributed by atoms with Crippen LogP contribution >= 0.6 is 11.6 Å². The van der Waals surface area contributed by atoms with Crippen molar-refractivity contribution in [2.24, 2.45) is 7.05 Å². The second kappa shape index (κ2) is 9.00. The molecule has 0 bridgehead atoms. The number of nitrogens with one attached hydrogen (secondary N) is 1. The number of ether oxygens (including phenoxy) is 1. The molecule has 3 atom stereocenters. The smallest absolute Gasteiger partial charge is 0.266 e. The van der Waals surface area contributed by atoms with Crippen LogP contribution in [0.1, 0.15) is 30.9 Å². The normalized spacial score (nSPS) is 21.3. The van der Waals surface area contributed by atoms with Gasteiger partial charge in [0.1, 0.15) is 34.7 Å². The molecule has 0 saturated heterocycles. The Bertz CT molecular complexity index is 1210. The minimum atomic E-state index is -4.28. The quantitative estimate of drug-likeness (QED) is 0.555. The third-order valence-corrected chi connectivity index (χ3v) is 7.04. The first kappa shape index (κ1) is 22.4. The Kier molecular flexibility index (Phi) is 6.31. The van der Waals surface area contributed by atoms with Gasteiger partial charge >= 0.3 is 0 Å². The molecule has 2 N–H and O–H groups in total. The van der Waals surface area contributed by atoms with Crippen LogP contribution in [0.3, 0.4) is 0 Å². The van der Waals surface area contributed by atoms with Crippen LogP contribution in [0.2, 0.25) is 5.02 Å². The monoisotopic (exact) mass is 481 g/mol. The molecule has 170 valence electrons. The summed E-state index contributed by atoms with van der Waals surface area (Å²) in [5.74, 6) is -1.18. The van der Waals surface area contributed by atoms with E-state index in [4.69, 9.17) is 16.3 Å². The first-order chi connectivity index (χ1) is 15.2. The van der Waals surface area contributed by atoms with Gasteiger partial charge in [-0.25, -0.2) is 22.8 Å². The lowest BCUT2D eigenvalue weighted by Crippen LogP contribution is -2.35. The van der Waals surface area contributed by atoms with Gasteiger partial charge in [0.15, 0.2) is 0 Å². The van der Waals surface area contributed by atoms with E-state index in [1.165, 1.54) is 12.3 Å². The van der Waals surface area contributed by atoms with Crippen molar-refractivity contribution in [1.29, 1.82) is 0 Å². The lowest BCUT2D eigenvalue weighted by atomic mass is 9.82. The van der Waals surface area contributed by atoms with Gasteiger partial charge in [-0.3, -0.25) is 9.40 Å². The number of nitrogens with zero attached hydrogens (tertiary/aromatic N) is 4. The fourth-order valence-corrected chi connectivity index (χ4v) is 5.20. The van der Waals surface area contributed by atoms with Crippen molar-refractivity contribution in [3.63, 3.8) is 0 Å². The highest BCUT2D eigenvalue weighted by molar-refractivity contribution is 7.92. The zero-order valence-electron chi connectivity index (χ0n) is 17.0. The number of hydrogen-bond acceptors (Lipinski definition) is 7. The van der Waals surface area contributed by atoms with Crippen molar-refractivity contribution in [3.05, 3.63) is 59.5 Å². The van der Waals surface area contributed by atoms with Gasteiger partial charge in [0.05, 0.1) is 11.1 Å². The molecule has 0 spiro atoms. The van der Waals surface area contributed by atoms with Crippen LogP contribution in [0.5, 0.6) is 5.75 Å². The Morgan fingerprint density at radius 1 is 1.28 bits per heavy atom. The summed E-state index contributed by atoms with van der Waals surface area (Å²) in [7, 11) is -2.48. The van der Waals surface area contributed by atoms with E-state index in [2.05, 4.69) is 19.8 Å². The lowest BCUT2D eigenvalue weighted by Gasteiger charge is -2.34. The summed E-state index contributed by atoms with van der Waals surface area (Å²) in [6, 6.07) is 5.15. The van der Waals surface area contributed by atoms with Crippen molar-refractivity contribution >= 4 is 27.4 Å². The van der Waals surface area contributed by atoms with Crippen molar-refractivity contribution < 1.29 is 22.7 Å². The van der Waals surface area contributed by atoms with Crippen molar-refractivity contribution in [2.75, 3.05) is 4.72 Å². The number of hydrogen-bond donors (Lipinski definition) is 2. The first-order valence-corrected chi connectivity index (χ1v) is 11.7. The van der Waals surface area contributed by atoms with E-state index in [1.54, 1.807) is 17.9 Å². The zero-order chi connectivity index (χ0) is 22.9. The highest BCUT2D eigenvalue weighted by Crippen LogP contribution is 2.38. The summed E-state index contributed by atoms with van der Waals surface area (Å²) < 4.78 is 50.0. The van der Waals surface area contributed by atoms with Gasteiger partial charge in [0.25, 0.3) is 10.0 Å². The van der Waals surface area contributed by atoms with Gasteiger partial charge in [-0.1, -0.05) is 11.6 Å². The molecule has 32 heavy (non-hydrogen) atoms. The molecule has 1 saturated carbocycles. The van der Waals surface area contributed by atoms with Crippen LogP contribution < -0.4 is 9.46 Å². The Morgan fingerprint density at radius 3 is 2.78 bits per heavy atom. The molecule has 0 radical (unpaired) electrons. The number of sulfonamides is 1. The second-order valence-corrected chi connectivity index (χ2v) is 9.58. The SMILES string of the molecule is Cn1nccc1[C@H]1C[C@H](O)CC[C@@H]1Oc1cc(F)c(S(=O)(=O)Nc2ccncn2)cc1Cl. The van der Waals surface area contributed by atoms with Gasteiger partial charge < -0.3 is 9.84 Å². The summed E-state index contributed by atoms with van der Waals surface area (Å²) in [5, 5.41) is 14.3. The molecule has 2 heterocycles. The average molecular weight is 482 g/mol. The number of aliphatic hydroxyl groups is 1. The maximum atomic E-state index is 14.8. The summed E-state index contributed by atoms with van der Waals surface area (Å²) in [6.07, 6.45) is 4.79. The maximum absolute atomic E-state index is 14.8. The van der Waals surface area contributed by atoms with Crippen LogP contribution in [0.25, 0.3) is 0 Å². The molecule has 4 rings (SSSR count). The van der Waals surface area contributed by atoms with E-state index in [9.17, 15) is 17.9 Å². The molecule has 12 heteroatoms. The average Bonchev–Trinajstić information content (AvgIpc) is 3.17. The standard InChI is InChI=1S/C20H21ClFN5O4S/c1-27-16(4-7-25-27)13-8-12(28)2-3-17(13)31-18-10-15(22)19(9-14(18)21)32(29,30)26-20-5-6-23-11-24-20/h4-7,9-13,17,28H,2-3,8H2,1H3,(H,23,24,26)/t12-,13-,17+/m1/s1. The minimum Gasteiger partial charge on any atom is -0.488 e. The number of halogens is 2. The predicted octanol–water partition coefficient (Wildman–Crippen LogP) is 2.88. The topological polar surface area (TPSA) is 119 Å². The van der Waals surface area contributed by atoms with E-state index in [0.717, 1.165) is 24.2 Å². The van der Waals surface area contributed by atoms with Crippen molar-refractivity contribution in [3.8, 4) is 5.75 Å². The van der Waals surface area contributed by atoms with Crippen LogP contribution in [0.15, 0.2) is 47.9 Å². The highest BCUT2D eigenvalue weighted by Gasteiger charge is 2.35. The van der Waals surface area contributed by atoms with Gasteiger partial charge in [-0.15, -0.1) is 0 Å². The molecule has 0 unspecified atom stereocenters. The molecule has 0 aliphatic heterocycles. The summed E-state index contributed by atoms with van der Waals surface area (Å²) in [6.45, 7) is 0. The summed E-state index contributed by atoms with van der Waals surface area (Å²) in [5.41, 5.74) is 0.874. The van der Waals surface area contributed by atoms with E-state index >= 15 is 0 Å². The fraction of sp³-hybridized carbons (Fsp3) is 0.350. The molecule has 0 amide bonds. The van der Waals surface area contributed by atoms with E-state index in [-0.39, 0.29) is 22.5 Å². The van der Waals surface area contributed by atoms with Crippen LogP contribution in [0, 0.1) is 5.82 Å². The summed E-state index contributed by atoms with van der Waals surface area (Å²) in [4.78, 5) is 6.85. The van der Waals surface area contributed by atoms with Gasteiger partial charge in [0.2, 0.25) is 0 Å². The number of anilines is 1. The molecular weight excluding hydrogens is 461 g/mol. The first-order valence-electron chi connectivity index (χ1n) is 9.85. The minimum absolute atomic E-state index is 0.00405. The summed E-state index contributed by atoms with van der Waals surface area (Å²) >= 11 is 6.29. The number of rotatable bonds is 6. The van der Waals surface area contributed by atoms with Crippen molar-refractivity contribution in [1.82, 2.24) is 19.7 Å². The maximum Gasteiger partial charge on any atom is 0.266 e. The third kappa shape index (κ3) is 4.69. The predicted molar refractivity (Wildman–Crippen MR) is 114 cm³/mol. The van der Waals surface area contributed by atoms with Gasteiger partial charge in [0, 0.05) is 37.1 Å². The Morgan fingerprint density at radius 2 is 2.09 bits per heavy atom. The fourth-order valence-electron chi connectivity index (χ4n) is 3.83. The highest BCUT2D eigenvalue weighted by atomic mass is 35.5. The molecule has 3 aromatic rings. The molecule has 1 aliphatic carbocycles. The largest absolute Gasteiger partial charge is 0.488 e. The molecule has 1 fully saturated rings. The number of aliphatic hydroxyl groups excluding tert-OH is 1. The molecule has 1 aliphatic rings. The van der Waals surface area contributed by atoms with E-state index in [1.807, 2.05) is 6.07 Å². The third-order valence-electron chi connectivity index (χ3n) is 5.37. The number of benzene rings is 1.